The third kappa shape index (κ3) is 4.59. The second kappa shape index (κ2) is 9.04. The summed E-state index contributed by atoms with van der Waals surface area (Å²) in [5.41, 5.74) is 12.8. The molecule has 2 heterocycles. The Labute approximate surface area is 188 Å². The molecule has 1 aromatic carbocycles. The van der Waals surface area contributed by atoms with Crippen molar-refractivity contribution in [2.24, 2.45) is 5.10 Å². The highest BCUT2D eigenvalue weighted by Gasteiger charge is 2.19. The lowest BCUT2D eigenvalue weighted by molar-refractivity contribution is 0.0950. The first-order valence-electron chi connectivity index (χ1n) is 8.92. The number of aryl methyl sites for hydroxylation is 2. The van der Waals surface area contributed by atoms with Gasteiger partial charge in [-0.2, -0.15) is 10.2 Å². The first-order chi connectivity index (χ1) is 14.2. The average Bonchev–Trinajstić information content (AvgIpc) is 2.98. The van der Waals surface area contributed by atoms with Gasteiger partial charge in [0.2, 0.25) is 0 Å². The van der Waals surface area contributed by atoms with Crippen LogP contribution in [0.3, 0.4) is 0 Å². The van der Waals surface area contributed by atoms with Crippen molar-refractivity contribution in [3.05, 3.63) is 73.2 Å². The molecular weight excluding hydrogens is 447 g/mol. The largest absolute Gasteiger partial charge is 0.396 e. The van der Waals surface area contributed by atoms with Crippen molar-refractivity contribution >= 4 is 52.6 Å². The van der Waals surface area contributed by atoms with E-state index in [9.17, 15) is 4.79 Å². The standard InChI is InChI=1S/C20H19Cl3N6O/c1-10-4-6-13(7-5-10)9-29-12(3)14(11(2)28-29)8-25-27-20(30)18-15(21)17(24)16(22)19(23)26-18/h4-8H,9H2,1-3H3,(H2,24,26)(H,27,30)/b25-8-. The molecule has 2 aromatic heterocycles. The number of hydrazone groups is 1. The van der Waals surface area contributed by atoms with Gasteiger partial charge in [-0.15, -0.1) is 0 Å². The van der Waals surface area contributed by atoms with Crippen LogP contribution in [-0.2, 0) is 6.54 Å². The Kier molecular flexibility index (Phi) is 6.65. The molecule has 0 aliphatic heterocycles. The van der Waals surface area contributed by atoms with Gasteiger partial charge in [0, 0.05) is 11.3 Å². The van der Waals surface area contributed by atoms with Crippen LogP contribution in [-0.4, -0.2) is 26.9 Å². The van der Waals surface area contributed by atoms with Gasteiger partial charge < -0.3 is 5.73 Å². The lowest BCUT2D eigenvalue weighted by Crippen LogP contribution is -2.20. The summed E-state index contributed by atoms with van der Waals surface area (Å²) in [6.07, 6.45) is 1.52. The third-order valence-corrected chi connectivity index (χ3v) is 5.67. The number of anilines is 1. The van der Waals surface area contributed by atoms with Gasteiger partial charge in [0.25, 0.3) is 5.91 Å². The molecule has 3 rings (SSSR count). The van der Waals surface area contributed by atoms with E-state index < -0.39 is 5.91 Å². The van der Waals surface area contributed by atoms with Crippen LogP contribution in [0.5, 0.6) is 0 Å². The number of nitrogens with two attached hydrogens (primary N) is 1. The van der Waals surface area contributed by atoms with E-state index in [-0.39, 0.29) is 26.6 Å². The highest BCUT2D eigenvalue weighted by molar-refractivity contribution is 6.46. The number of carbonyl (C=O) groups is 1. The average molecular weight is 466 g/mol. The molecule has 0 fully saturated rings. The molecular formula is C20H19Cl3N6O. The number of aromatic nitrogens is 3. The summed E-state index contributed by atoms with van der Waals surface area (Å²) in [6.45, 7) is 6.50. The maximum Gasteiger partial charge on any atom is 0.291 e. The Balaban J connectivity index is 1.76. The zero-order valence-corrected chi connectivity index (χ0v) is 18.8. The number of hydrogen-bond donors (Lipinski definition) is 2. The highest BCUT2D eigenvalue weighted by atomic mass is 35.5. The minimum absolute atomic E-state index is 0.00559. The van der Waals surface area contributed by atoms with Crippen molar-refractivity contribution in [1.29, 1.82) is 0 Å². The fraction of sp³-hybridized carbons (Fsp3) is 0.200. The summed E-state index contributed by atoms with van der Waals surface area (Å²) in [5, 5.41) is 8.36. The van der Waals surface area contributed by atoms with E-state index in [0.29, 0.717) is 6.54 Å². The number of pyridine rings is 1. The van der Waals surface area contributed by atoms with Crippen LogP contribution >= 0.6 is 34.8 Å². The molecule has 0 saturated carbocycles. The van der Waals surface area contributed by atoms with Crippen LogP contribution in [0, 0.1) is 20.8 Å². The molecule has 0 atom stereocenters. The normalized spacial score (nSPS) is 11.3. The number of benzene rings is 1. The molecule has 3 N–H and O–H groups in total. The van der Waals surface area contributed by atoms with E-state index in [1.165, 1.54) is 11.8 Å². The number of carbonyl (C=O) groups excluding carboxylic acids is 1. The van der Waals surface area contributed by atoms with Crippen LogP contribution in [0.25, 0.3) is 0 Å². The Morgan fingerprint density at radius 1 is 1.17 bits per heavy atom. The van der Waals surface area contributed by atoms with Gasteiger partial charge in [0.1, 0.15) is 5.02 Å². The molecule has 0 aliphatic rings. The maximum atomic E-state index is 12.4. The Bertz CT molecular complexity index is 1140. The van der Waals surface area contributed by atoms with Crippen molar-refractivity contribution in [3.8, 4) is 0 Å². The van der Waals surface area contributed by atoms with Gasteiger partial charge in [-0.3, -0.25) is 9.48 Å². The van der Waals surface area contributed by atoms with Gasteiger partial charge in [-0.05, 0) is 26.3 Å². The molecule has 0 saturated heterocycles. The van der Waals surface area contributed by atoms with Gasteiger partial charge in [-0.1, -0.05) is 64.6 Å². The zero-order valence-electron chi connectivity index (χ0n) is 16.5. The van der Waals surface area contributed by atoms with Crippen molar-refractivity contribution < 1.29 is 4.79 Å². The Hall–Kier alpha value is -2.61. The fourth-order valence-corrected chi connectivity index (χ4v) is 3.40. The van der Waals surface area contributed by atoms with Crippen LogP contribution in [0.2, 0.25) is 15.2 Å². The van der Waals surface area contributed by atoms with Crippen molar-refractivity contribution in [2.45, 2.75) is 27.3 Å². The summed E-state index contributed by atoms with van der Waals surface area (Å²) < 4.78 is 1.89. The molecule has 3 aromatic rings. The van der Waals surface area contributed by atoms with Crippen molar-refractivity contribution in [3.63, 3.8) is 0 Å². The van der Waals surface area contributed by atoms with Crippen LogP contribution in [0.15, 0.2) is 29.4 Å². The minimum atomic E-state index is -0.663. The predicted octanol–water partition coefficient (Wildman–Crippen LogP) is 4.56. The van der Waals surface area contributed by atoms with Crippen molar-refractivity contribution in [1.82, 2.24) is 20.2 Å². The highest BCUT2D eigenvalue weighted by Crippen LogP contribution is 2.34. The second-order valence-electron chi connectivity index (χ2n) is 6.72. The number of amides is 1. The van der Waals surface area contributed by atoms with E-state index >= 15 is 0 Å². The fourth-order valence-electron chi connectivity index (χ4n) is 2.81. The first kappa shape index (κ1) is 22.1. The molecule has 0 aliphatic carbocycles. The molecule has 0 radical (unpaired) electrons. The number of rotatable bonds is 5. The topological polar surface area (TPSA) is 98.2 Å². The summed E-state index contributed by atoms with van der Waals surface area (Å²) in [7, 11) is 0. The SMILES string of the molecule is Cc1ccc(Cn2nc(C)c(/C=N\NC(=O)c3nc(Cl)c(Cl)c(N)c3Cl)c2C)cc1. The number of nitrogens with zero attached hydrogens (tertiary/aromatic N) is 4. The van der Waals surface area contributed by atoms with Crippen LogP contribution in [0.1, 0.15) is 38.6 Å². The Morgan fingerprint density at radius 2 is 1.83 bits per heavy atom. The Morgan fingerprint density at radius 3 is 2.50 bits per heavy atom. The van der Waals surface area contributed by atoms with Gasteiger partial charge in [-0.25, -0.2) is 10.4 Å². The molecule has 0 unspecified atom stereocenters. The maximum absolute atomic E-state index is 12.4. The molecule has 10 heteroatoms. The van der Waals surface area contributed by atoms with Crippen LogP contribution in [0.4, 0.5) is 5.69 Å². The molecule has 30 heavy (non-hydrogen) atoms. The quantitative estimate of drug-likeness (QED) is 0.328. The van der Waals surface area contributed by atoms with Gasteiger partial charge >= 0.3 is 0 Å². The molecule has 156 valence electrons. The number of halogens is 3. The van der Waals surface area contributed by atoms with E-state index in [1.807, 2.05) is 25.5 Å². The summed E-state index contributed by atoms with van der Waals surface area (Å²) in [5.74, 6) is -0.663. The number of hydrogen-bond acceptors (Lipinski definition) is 5. The molecule has 0 spiro atoms. The lowest BCUT2D eigenvalue weighted by Gasteiger charge is -2.07. The smallest absolute Gasteiger partial charge is 0.291 e. The van der Waals surface area contributed by atoms with E-state index in [2.05, 4.69) is 44.9 Å². The van der Waals surface area contributed by atoms with Gasteiger partial charge in [0.15, 0.2) is 10.8 Å². The molecule has 7 nitrogen and oxygen atoms in total. The minimum Gasteiger partial charge on any atom is -0.396 e. The zero-order chi connectivity index (χ0) is 22.0. The molecule has 1 amide bonds. The van der Waals surface area contributed by atoms with E-state index in [0.717, 1.165) is 22.5 Å². The van der Waals surface area contributed by atoms with Crippen LogP contribution < -0.4 is 11.2 Å². The summed E-state index contributed by atoms with van der Waals surface area (Å²) >= 11 is 17.8. The predicted molar refractivity (Wildman–Crippen MR) is 121 cm³/mol. The van der Waals surface area contributed by atoms with Gasteiger partial charge in [0.05, 0.1) is 29.2 Å². The molecule has 0 bridgehead atoms. The third-order valence-electron chi connectivity index (χ3n) is 4.54. The van der Waals surface area contributed by atoms with Crippen molar-refractivity contribution in [2.75, 3.05) is 5.73 Å². The number of nitrogen functional groups attached to an aromatic ring is 1. The number of nitrogens with one attached hydrogen (secondary N) is 1. The summed E-state index contributed by atoms with van der Waals surface area (Å²) in [4.78, 5) is 16.2. The van der Waals surface area contributed by atoms with E-state index in [1.54, 1.807) is 0 Å². The monoisotopic (exact) mass is 464 g/mol. The van der Waals surface area contributed by atoms with E-state index in [4.69, 9.17) is 40.5 Å². The summed E-state index contributed by atoms with van der Waals surface area (Å²) in [6, 6.07) is 8.26. The second-order valence-corrected chi connectivity index (χ2v) is 7.83. The lowest BCUT2D eigenvalue weighted by atomic mass is 10.1. The first-order valence-corrected chi connectivity index (χ1v) is 10.0.